The van der Waals surface area contributed by atoms with Crippen LogP contribution in [0, 0.1) is 5.92 Å². The zero-order chi connectivity index (χ0) is 14.8. The highest BCUT2D eigenvalue weighted by Crippen LogP contribution is 2.33. The SMILES string of the molecule is CCc1ccc(CC)c(C(NC)C2CCS(=O)(=O)C2)c1. The molecule has 3 nitrogen and oxygen atoms in total. The van der Waals surface area contributed by atoms with Gasteiger partial charge in [-0.2, -0.15) is 0 Å². The molecular formula is C16H25NO2S. The Morgan fingerprint density at radius 3 is 2.55 bits per heavy atom. The van der Waals surface area contributed by atoms with Gasteiger partial charge < -0.3 is 5.32 Å². The Bertz CT molecular complexity index is 566. The second kappa shape index (κ2) is 6.27. The van der Waals surface area contributed by atoms with Gasteiger partial charge in [0.2, 0.25) is 0 Å². The van der Waals surface area contributed by atoms with Crippen molar-refractivity contribution in [2.24, 2.45) is 5.92 Å². The molecule has 112 valence electrons. The Morgan fingerprint density at radius 2 is 2.05 bits per heavy atom. The van der Waals surface area contributed by atoms with Gasteiger partial charge in [0.25, 0.3) is 0 Å². The minimum atomic E-state index is -2.83. The molecule has 0 amide bonds. The van der Waals surface area contributed by atoms with E-state index in [-0.39, 0.29) is 12.0 Å². The minimum Gasteiger partial charge on any atom is -0.313 e. The second-order valence-corrected chi connectivity index (χ2v) is 7.90. The molecule has 0 aromatic heterocycles. The van der Waals surface area contributed by atoms with Crippen molar-refractivity contribution in [3.63, 3.8) is 0 Å². The Kier molecular flexibility index (Phi) is 4.86. The van der Waals surface area contributed by atoms with Gasteiger partial charge >= 0.3 is 0 Å². The second-order valence-electron chi connectivity index (χ2n) is 5.67. The first-order valence-corrected chi connectivity index (χ1v) is 9.32. The van der Waals surface area contributed by atoms with Gasteiger partial charge in [-0.15, -0.1) is 0 Å². The molecule has 1 aliphatic rings. The van der Waals surface area contributed by atoms with E-state index in [1.807, 2.05) is 7.05 Å². The van der Waals surface area contributed by atoms with Gasteiger partial charge in [-0.25, -0.2) is 8.42 Å². The van der Waals surface area contributed by atoms with Crippen LogP contribution >= 0.6 is 0 Å². The normalized spacial score (nSPS) is 22.9. The molecule has 4 heteroatoms. The maximum absolute atomic E-state index is 11.7. The monoisotopic (exact) mass is 295 g/mol. The number of nitrogens with one attached hydrogen (secondary N) is 1. The van der Waals surface area contributed by atoms with Crippen molar-refractivity contribution >= 4 is 9.84 Å². The molecule has 1 saturated heterocycles. The van der Waals surface area contributed by atoms with Crippen molar-refractivity contribution < 1.29 is 8.42 Å². The van der Waals surface area contributed by atoms with Gasteiger partial charge in [0, 0.05) is 6.04 Å². The Labute approximate surface area is 122 Å². The van der Waals surface area contributed by atoms with Crippen molar-refractivity contribution in [1.29, 1.82) is 0 Å². The summed E-state index contributed by atoms with van der Waals surface area (Å²) in [6.07, 6.45) is 2.76. The first-order chi connectivity index (χ1) is 9.50. The van der Waals surface area contributed by atoms with Gasteiger partial charge in [-0.05, 0) is 48.9 Å². The van der Waals surface area contributed by atoms with E-state index in [4.69, 9.17) is 0 Å². The Balaban J connectivity index is 2.36. The molecular weight excluding hydrogens is 270 g/mol. The first-order valence-electron chi connectivity index (χ1n) is 7.50. The van der Waals surface area contributed by atoms with E-state index in [0.29, 0.717) is 11.5 Å². The average Bonchev–Trinajstić information content (AvgIpc) is 2.79. The molecule has 2 atom stereocenters. The molecule has 1 fully saturated rings. The third kappa shape index (κ3) is 3.23. The highest BCUT2D eigenvalue weighted by molar-refractivity contribution is 7.91. The van der Waals surface area contributed by atoms with Crippen LogP contribution in [0.5, 0.6) is 0 Å². The molecule has 1 aliphatic heterocycles. The fourth-order valence-corrected chi connectivity index (χ4v) is 5.05. The van der Waals surface area contributed by atoms with Crippen molar-refractivity contribution in [2.45, 2.75) is 39.2 Å². The van der Waals surface area contributed by atoms with E-state index in [0.717, 1.165) is 19.3 Å². The van der Waals surface area contributed by atoms with E-state index in [9.17, 15) is 8.42 Å². The fourth-order valence-electron chi connectivity index (χ4n) is 3.21. The van der Waals surface area contributed by atoms with Gasteiger partial charge in [0.15, 0.2) is 9.84 Å². The zero-order valence-electron chi connectivity index (χ0n) is 12.6. The topological polar surface area (TPSA) is 46.2 Å². The summed E-state index contributed by atoms with van der Waals surface area (Å²) >= 11 is 0. The summed E-state index contributed by atoms with van der Waals surface area (Å²) in [7, 11) is -0.896. The van der Waals surface area contributed by atoms with Crippen molar-refractivity contribution in [2.75, 3.05) is 18.6 Å². The van der Waals surface area contributed by atoms with E-state index in [2.05, 4.69) is 37.4 Å². The molecule has 0 aliphatic carbocycles. The molecule has 1 N–H and O–H groups in total. The summed E-state index contributed by atoms with van der Waals surface area (Å²) in [6, 6.07) is 6.78. The van der Waals surface area contributed by atoms with Gasteiger partial charge in [0.1, 0.15) is 0 Å². The van der Waals surface area contributed by atoms with E-state index in [1.54, 1.807) is 0 Å². The number of rotatable bonds is 5. The highest BCUT2D eigenvalue weighted by Gasteiger charge is 2.34. The Hall–Kier alpha value is -0.870. The molecule has 20 heavy (non-hydrogen) atoms. The lowest BCUT2D eigenvalue weighted by atomic mass is 9.87. The number of hydrogen-bond acceptors (Lipinski definition) is 3. The summed E-state index contributed by atoms with van der Waals surface area (Å²) in [5.74, 6) is 0.852. The Morgan fingerprint density at radius 1 is 1.30 bits per heavy atom. The molecule has 0 spiro atoms. The predicted molar refractivity (Wildman–Crippen MR) is 83.8 cm³/mol. The number of benzene rings is 1. The molecule has 0 bridgehead atoms. The van der Waals surface area contributed by atoms with Crippen LogP contribution in [0.25, 0.3) is 0 Å². The fraction of sp³-hybridized carbons (Fsp3) is 0.625. The summed E-state index contributed by atoms with van der Waals surface area (Å²) in [5.41, 5.74) is 3.93. The summed E-state index contributed by atoms with van der Waals surface area (Å²) in [6.45, 7) is 4.31. The molecule has 1 aromatic rings. The molecule has 1 aromatic carbocycles. The number of aryl methyl sites for hydroxylation is 2. The molecule has 1 heterocycles. The standard InChI is InChI=1S/C16H25NO2S/c1-4-12-6-7-13(5-2)15(10-12)16(17-3)14-8-9-20(18,19)11-14/h6-7,10,14,16-17H,4-5,8-9,11H2,1-3H3. The summed E-state index contributed by atoms with van der Waals surface area (Å²) < 4.78 is 23.5. The van der Waals surface area contributed by atoms with Crippen LogP contribution in [0.2, 0.25) is 0 Å². The van der Waals surface area contributed by atoms with Crippen LogP contribution in [-0.2, 0) is 22.7 Å². The van der Waals surface area contributed by atoms with Crippen LogP contribution in [0.4, 0.5) is 0 Å². The summed E-state index contributed by atoms with van der Waals surface area (Å²) in [5, 5.41) is 3.36. The smallest absolute Gasteiger partial charge is 0.150 e. The lowest BCUT2D eigenvalue weighted by Crippen LogP contribution is -2.27. The average molecular weight is 295 g/mol. The van der Waals surface area contributed by atoms with E-state index >= 15 is 0 Å². The van der Waals surface area contributed by atoms with E-state index < -0.39 is 9.84 Å². The van der Waals surface area contributed by atoms with Crippen LogP contribution in [0.3, 0.4) is 0 Å². The van der Waals surface area contributed by atoms with Crippen LogP contribution in [-0.4, -0.2) is 27.0 Å². The largest absolute Gasteiger partial charge is 0.313 e. The maximum Gasteiger partial charge on any atom is 0.150 e. The molecule has 0 radical (unpaired) electrons. The van der Waals surface area contributed by atoms with Crippen molar-refractivity contribution in [3.8, 4) is 0 Å². The quantitative estimate of drug-likeness (QED) is 0.908. The number of hydrogen-bond donors (Lipinski definition) is 1. The molecule has 2 unspecified atom stereocenters. The van der Waals surface area contributed by atoms with Crippen molar-refractivity contribution in [1.82, 2.24) is 5.32 Å². The zero-order valence-corrected chi connectivity index (χ0v) is 13.5. The van der Waals surface area contributed by atoms with E-state index in [1.165, 1.54) is 16.7 Å². The first kappa shape index (κ1) is 15.5. The number of sulfone groups is 1. The van der Waals surface area contributed by atoms with Gasteiger partial charge in [-0.1, -0.05) is 32.0 Å². The van der Waals surface area contributed by atoms with Gasteiger partial charge in [0.05, 0.1) is 11.5 Å². The third-order valence-corrected chi connectivity index (χ3v) is 6.18. The minimum absolute atomic E-state index is 0.147. The third-order valence-electron chi connectivity index (χ3n) is 4.38. The van der Waals surface area contributed by atoms with Gasteiger partial charge in [-0.3, -0.25) is 0 Å². The summed E-state index contributed by atoms with van der Waals surface area (Å²) in [4.78, 5) is 0. The van der Waals surface area contributed by atoms with Crippen molar-refractivity contribution in [3.05, 3.63) is 34.9 Å². The van der Waals surface area contributed by atoms with Crippen LogP contribution < -0.4 is 5.32 Å². The molecule has 0 saturated carbocycles. The highest BCUT2D eigenvalue weighted by atomic mass is 32.2. The lowest BCUT2D eigenvalue weighted by Gasteiger charge is -2.25. The lowest BCUT2D eigenvalue weighted by molar-refractivity contribution is 0.416. The predicted octanol–water partition coefficient (Wildman–Crippen LogP) is 2.51. The van der Waals surface area contributed by atoms with Crippen LogP contribution in [0.15, 0.2) is 18.2 Å². The van der Waals surface area contributed by atoms with Crippen LogP contribution in [0.1, 0.15) is 43.0 Å². The molecule has 2 rings (SSSR count). The maximum atomic E-state index is 11.7.